The minimum Gasteiger partial charge on any atom is -0.493 e. The van der Waals surface area contributed by atoms with Crippen LogP contribution in [0.2, 0.25) is 0 Å². The van der Waals surface area contributed by atoms with Crippen molar-refractivity contribution in [3.8, 4) is 11.5 Å². The van der Waals surface area contributed by atoms with Crippen molar-refractivity contribution in [3.63, 3.8) is 0 Å². The van der Waals surface area contributed by atoms with Crippen molar-refractivity contribution in [2.24, 2.45) is 4.99 Å². The van der Waals surface area contributed by atoms with E-state index in [9.17, 15) is 0 Å². The number of nitrogens with zero attached hydrogens (tertiary/aromatic N) is 2. The lowest BCUT2D eigenvalue weighted by Crippen LogP contribution is -2.30. The topological polar surface area (TPSA) is 58.1 Å². The van der Waals surface area contributed by atoms with E-state index in [2.05, 4.69) is 41.3 Å². The Morgan fingerprint density at radius 2 is 1.76 bits per heavy atom. The predicted octanol–water partition coefficient (Wildman–Crippen LogP) is 3.20. The molecule has 0 spiro atoms. The lowest BCUT2D eigenvalue weighted by atomic mass is 10.2. The highest BCUT2D eigenvalue weighted by atomic mass is 16.5. The zero-order valence-corrected chi connectivity index (χ0v) is 16.4. The van der Waals surface area contributed by atoms with Gasteiger partial charge in [-0.2, -0.15) is 0 Å². The van der Waals surface area contributed by atoms with Crippen molar-refractivity contribution < 1.29 is 9.47 Å². The highest BCUT2D eigenvalue weighted by Crippen LogP contribution is 2.29. The van der Waals surface area contributed by atoms with Crippen LogP contribution in [0.3, 0.4) is 0 Å². The van der Waals surface area contributed by atoms with Crippen molar-refractivity contribution in [3.05, 3.63) is 18.2 Å². The fraction of sp³-hybridized carbons (Fsp3) is 0.632. The van der Waals surface area contributed by atoms with Gasteiger partial charge >= 0.3 is 0 Å². The Labute approximate surface area is 152 Å². The van der Waals surface area contributed by atoms with Crippen LogP contribution in [0.5, 0.6) is 11.5 Å². The van der Waals surface area contributed by atoms with Gasteiger partial charge in [-0.3, -0.25) is 4.99 Å². The number of anilines is 1. The lowest BCUT2D eigenvalue weighted by molar-refractivity contribution is 0.298. The van der Waals surface area contributed by atoms with Crippen molar-refractivity contribution >= 4 is 11.6 Å². The number of methoxy groups -OCH3 is 2. The third-order valence-electron chi connectivity index (χ3n) is 4.04. The Morgan fingerprint density at radius 3 is 2.36 bits per heavy atom. The minimum atomic E-state index is 0.697. The molecular weight excluding hydrogens is 316 g/mol. The average Bonchev–Trinajstić information content (AvgIpc) is 2.64. The molecule has 0 aliphatic rings. The highest BCUT2D eigenvalue weighted by Gasteiger charge is 2.06. The smallest absolute Gasteiger partial charge is 0.195 e. The van der Waals surface area contributed by atoms with E-state index < -0.39 is 0 Å². The zero-order valence-electron chi connectivity index (χ0n) is 16.4. The molecule has 0 aliphatic carbocycles. The molecule has 0 atom stereocenters. The largest absolute Gasteiger partial charge is 0.493 e. The van der Waals surface area contributed by atoms with Gasteiger partial charge in [0.05, 0.1) is 14.2 Å². The molecule has 0 saturated carbocycles. The van der Waals surface area contributed by atoms with Gasteiger partial charge in [0, 0.05) is 24.8 Å². The summed E-state index contributed by atoms with van der Waals surface area (Å²) in [7, 11) is 3.27. The predicted molar refractivity (Wildman–Crippen MR) is 106 cm³/mol. The zero-order chi connectivity index (χ0) is 18.5. The molecule has 0 radical (unpaired) electrons. The molecule has 0 fully saturated rings. The monoisotopic (exact) mass is 350 g/mol. The number of hydrogen-bond acceptors (Lipinski definition) is 4. The van der Waals surface area contributed by atoms with E-state index in [0.29, 0.717) is 11.5 Å². The van der Waals surface area contributed by atoms with Crippen molar-refractivity contribution in [2.75, 3.05) is 52.3 Å². The van der Waals surface area contributed by atoms with Crippen LogP contribution in [0.25, 0.3) is 0 Å². The minimum absolute atomic E-state index is 0.697. The van der Waals surface area contributed by atoms with Crippen LogP contribution >= 0.6 is 0 Å². The quantitative estimate of drug-likeness (QED) is 0.365. The van der Waals surface area contributed by atoms with Crippen LogP contribution in [0, 0.1) is 0 Å². The Morgan fingerprint density at radius 1 is 1.04 bits per heavy atom. The molecule has 0 unspecified atom stereocenters. The van der Waals surface area contributed by atoms with Gasteiger partial charge in [-0.1, -0.05) is 13.8 Å². The van der Waals surface area contributed by atoms with Crippen LogP contribution in [-0.4, -0.2) is 57.8 Å². The SMILES string of the molecule is CCNC(=NCCCCN(CC)CC)Nc1ccc(OC)c(OC)c1. The number of unbranched alkanes of at least 4 members (excludes halogenated alkanes) is 1. The fourth-order valence-electron chi connectivity index (χ4n) is 2.54. The van der Waals surface area contributed by atoms with Crippen LogP contribution in [-0.2, 0) is 0 Å². The van der Waals surface area contributed by atoms with Gasteiger partial charge in [-0.15, -0.1) is 0 Å². The molecule has 6 nitrogen and oxygen atoms in total. The summed E-state index contributed by atoms with van der Waals surface area (Å²) < 4.78 is 10.6. The maximum Gasteiger partial charge on any atom is 0.195 e. The molecule has 0 bridgehead atoms. The molecule has 1 rings (SSSR count). The van der Waals surface area contributed by atoms with Gasteiger partial charge in [-0.25, -0.2) is 0 Å². The van der Waals surface area contributed by atoms with Crippen LogP contribution in [0.15, 0.2) is 23.2 Å². The molecule has 1 aromatic rings. The van der Waals surface area contributed by atoms with Crippen molar-refractivity contribution in [1.82, 2.24) is 10.2 Å². The first kappa shape index (κ1) is 21.1. The molecular formula is C19H34N4O2. The van der Waals surface area contributed by atoms with Crippen molar-refractivity contribution in [1.29, 1.82) is 0 Å². The number of aliphatic imine (C=N–C) groups is 1. The first-order chi connectivity index (χ1) is 12.2. The Bertz CT molecular complexity index is 516. The van der Waals surface area contributed by atoms with E-state index in [1.807, 2.05) is 18.2 Å². The van der Waals surface area contributed by atoms with Gasteiger partial charge < -0.3 is 25.0 Å². The summed E-state index contributed by atoms with van der Waals surface area (Å²) in [6.45, 7) is 11.5. The van der Waals surface area contributed by atoms with E-state index in [1.54, 1.807) is 14.2 Å². The van der Waals surface area contributed by atoms with E-state index in [-0.39, 0.29) is 0 Å². The van der Waals surface area contributed by atoms with E-state index in [4.69, 9.17) is 9.47 Å². The van der Waals surface area contributed by atoms with Crippen LogP contribution in [0.4, 0.5) is 5.69 Å². The first-order valence-electron chi connectivity index (χ1n) is 9.18. The first-order valence-corrected chi connectivity index (χ1v) is 9.18. The Kier molecular flexibility index (Phi) is 10.5. The molecule has 0 heterocycles. The molecule has 0 aliphatic heterocycles. The molecule has 1 aromatic carbocycles. The maximum absolute atomic E-state index is 5.35. The number of hydrogen-bond donors (Lipinski definition) is 2. The molecule has 2 N–H and O–H groups in total. The standard InChI is InChI=1S/C19H34N4O2/c1-6-20-19(21-13-9-10-14-23(7-2)8-3)22-16-11-12-17(24-4)18(15-16)25-5/h11-12,15H,6-10,13-14H2,1-5H3,(H2,20,21,22). The van der Waals surface area contributed by atoms with Crippen LogP contribution < -0.4 is 20.1 Å². The number of guanidine groups is 1. The summed E-state index contributed by atoms with van der Waals surface area (Å²) in [6, 6.07) is 5.75. The van der Waals surface area contributed by atoms with E-state index in [1.165, 1.54) is 6.42 Å². The second kappa shape index (κ2) is 12.4. The number of ether oxygens (including phenoxy) is 2. The van der Waals surface area contributed by atoms with Crippen molar-refractivity contribution in [2.45, 2.75) is 33.6 Å². The summed E-state index contributed by atoms with van der Waals surface area (Å²) in [5.41, 5.74) is 0.917. The highest BCUT2D eigenvalue weighted by molar-refractivity contribution is 5.93. The second-order valence-electron chi connectivity index (χ2n) is 5.69. The third kappa shape index (κ3) is 7.65. The lowest BCUT2D eigenvalue weighted by Gasteiger charge is -2.17. The van der Waals surface area contributed by atoms with Gasteiger partial charge in [0.25, 0.3) is 0 Å². The van der Waals surface area contributed by atoms with Gasteiger partial charge in [0.2, 0.25) is 0 Å². The molecule has 25 heavy (non-hydrogen) atoms. The second-order valence-corrected chi connectivity index (χ2v) is 5.69. The number of nitrogens with one attached hydrogen (secondary N) is 2. The summed E-state index contributed by atoms with van der Waals surface area (Å²) in [5.74, 6) is 2.20. The molecule has 142 valence electrons. The van der Waals surface area contributed by atoms with E-state index >= 15 is 0 Å². The summed E-state index contributed by atoms with van der Waals surface area (Å²) >= 11 is 0. The average molecular weight is 351 g/mol. The van der Waals surface area contributed by atoms with Gasteiger partial charge in [-0.05, 0) is 51.5 Å². The molecule has 0 aromatic heterocycles. The number of rotatable bonds is 11. The Balaban J connectivity index is 2.58. The normalized spacial score (nSPS) is 11.5. The number of benzene rings is 1. The summed E-state index contributed by atoms with van der Waals surface area (Å²) in [5, 5.41) is 6.60. The summed E-state index contributed by atoms with van der Waals surface area (Å²) in [4.78, 5) is 7.10. The third-order valence-corrected chi connectivity index (χ3v) is 4.04. The Hall–Kier alpha value is -1.95. The molecule has 0 saturated heterocycles. The molecule has 0 amide bonds. The van der Waals surface area contributed by atoms with Crippen LogP contribution in [0.1, 0.15) is 33.6 Å². The van der Waals surface area contributed by atoms with E-state index in [0.717, 1.165) is 50.8 Å². The van der Waals surface area contributed by atoms with Gasteiger partial charge in [0.15, 0.2) is 17.5 Å². The maximum atomic E-state index is 5.35. The van der Waals surface area contributed by atoms with Gasteiger partial charge in [0.1, 0.15) is 0 Å². The molecule has 6 heteroatoms. The fourth-order valence-corrected chi connectivity index (χ4v) is 2.54. The summed E-state index contributed by atoms with van der Waals surface area (Å²) in [6.07, 6.45) is 2.25.